The van der Waals surface area contributed by atoms with Gasteiger partial charge in [0, 0.05) is 19.3 Å². The zero-order valence-corrected chi connectivity index (χ0v) is 10.7. The van der Waals surface area contributed by atoms with Gasteiger partial charge in [-0.05, 0) is 37.8 Å². The molecule has 0 unspecified atom stereocenters. The van der Waals surface area contributed by atoms with Gasteiger partial charge in [-0.3, -0.25) is 0 Å². The summed E-state index contributed by atoms with van der Waals surface area (Å²) in [4.78, 5) is 6.59. The SMILES string of the molecule is CCN(CC1CCC1)c1ncccc1/C(N)=N/O. The van der Waals surface area contributed by atoms with Gasteiger partial charge >= 0.3 is 0 Å². The Morgan fingerprint density at radius 2 is 2.39 bits per heavy atom. The van der Waals surface area contributed by atoms with E-state index in [2.05, 4.69) is 22.0 Å². The lowest BCUT2D eigenvalue weighted by atomic mass is 9.85. The Morgan fingerprint density at radius 3 is 2.94 bits per heavy atom. The van der Waals surface area contributed by atoms with E-state index in [1.165, 1.54) is 19.3 Å². The topological polar surface area (TPSA) is 74.7 Å². The van der Waals surface area contributed by atoms with Crippen molar-refractivity contribution in [2.24, 2.45) is 16.8 Å². The molecule has 0 bridgehead atoms. The quantitative estimate of drug-likeness (QED) is 0.360. The lowest BCUT2D eigenvalue weighted by Crippen LogP contribution is -2.34. The van der Waals surface area contributed by atoms with E-state index in [-0.39, 0.29) is 5.84 Å². The summed E-state index contributed by atoms with van der Waals surface area (Å²) in [5.41, 5.74) is 6.39. The van der Waals surface area contributed by atoms with Crippen LogP contribution in [0, 0.1) is 5.92 Å². The highest BCUT2D eigenvalue weighted by Crippen LogP contribution is 2.29. The number of nitrogens with two attached hydrogens (primary N) is 1. The highest BCUT2D eigenvalue weighted by molar-refractivity contribution is 6.01. The van der Waals surface area contributed by atoms with Crippen molar-refractivity contribution in [2.75, 3.05) is 18.0 Å². The molecule has 1 aromatic rings. The van der Waals surface area contributed by atoms with E-state index in [1.54, 1.807) is 12.3 Å². The Hall–Kier alpha value is -1.78. The van der Waals surface area contributed by atoms with Crippen LogP contribution >= 0.6 is 0 Å². The molecule has 0 aliphatic heterocycles. The highest BCUT2D eigenvalue weighted by atomic mass is 16.4. The van der Waals surface area contributed by atoms with Crippen LogP contribution in [0.25, 0.3) is 0 Å². The van der Waals surface area contributed by atoms with E-state index in [4.69, 9.17) is 10.9 Å². The van der Waals surface area contributed by atoms with Crippen LogP contribution in [0.15, 0.2) is 23.5 Å². The number of rotatable bonds is 5. The van der Waals surface area contributed by atoms with Crippen LogP contribution in [0.2, 0.25) is 0 Å². The summed E-state index contributed by atoms with van der Waals surface area (Å²) in [5.74, 6) is 1.68. The smallest absolute Gasteiger partial charge is 0.173 e. The molecule has 0 amide bonds. The fourth-order valence-corrected chi connectivity index (χ4v) is 2.26. The summed E-state index contributed by atoms with van der Waals surface area (Å²) in [5, 5.41) is 11.9. The van der Waals surface area contributed by atoms with E-state index in [9.17, 15) is 0 Å². The largest absolute Gasteiger partial charge is 0.409 e. The second kappa shape index (κ2) is 5.71. The minimum atomic E-state index is 0.116. The third kappa shape index (κ3) is 2.55. The van der Waals surface area contributed by atoms with Crippen molar-refractivity contribution in [3.05, 3.63) is 23.9 Å². The molecule has 2 rings (SSSR count). The number of pyridine rings is 1. The number of nitrogens with zero attached hydrogens (tertiary/aromatic N) is 3. The summed E-state index contributed by atoms with van der Waals surface area (Å²) >= 11 is 0. The van der Waals surface area contributed by atoms with Crippen LogP contribution in [-0.2, 0) is 0 Å². The third-order valence-electron chi connectivity index (χ3n) is 3.55. The standard InChI is InChI=1S/C13H20N4O/c1-2-17(9-10-5-3-6-10)13-11(12(14)16-18)7-4-8-15-13/h4,7-8,10,18H,2-3,5-6,9H2,1H3,(H2,14,16). The first kappa shape index (κ1) is 12.7. The first-order valence-electron chi connectivity index (χ1n) is 6.44. The molecule has 1 aromatic heterocycles. The van der Waals surface area contributed by atoms with Crippen LogP contribution in [0.4, 0.5) is 5.82 Å². The van der Waals surface area contributed by atoms with E-state index in [1.807, 2.05) is 6.07 Å². The molecular formula is C13H20N4O. The van der Waals surface area contributed by atoms with Crippen LogP contribution in [-0.4, -0.2) is 29.1 Å². The van der Waals surface area contributed by atoms with E-state index in [0.717, 1.165) is 24.8 Å². The minimum Gasteiger partial charge on any atom is -0.409 e. The van der Waals surface area contributed by atoms with E-state index < -0.39 is 0 Å². The first-order valence-corrected chi connectivity index (χ1v) is 6.44. The average Bonchev–Trinajstić information content (AvgIpc) is 2.37. The molecular weight excluding hydrogens is 228 g/mol. The Labute approximate surface area is 107 Å². The summed E-state index contributed by atoms with van der Waals surface area (Å²) in [6, 6.07) is 3.63. The van der Waals surface area contributed by atoms with Crippen molar-refractivity contribution < 1.29 is 5.21 Å². The van der Waals surface area contributed by atoms with Gasteiger partial charge in [0.25, 0.3) is 0 Å². The molecule has 1 heterocycles. The zero-order valence-electron chi connectivity index (χ0n) is 10.7. The fraction of sp³-hybridized carbons (Fsp3) is 0.538. The lowest BCUT2D eigenvalue weighted by Gasteiger charge is -2.33. The van der Waals surface area contributed by atoms with Gasteiger partial charge in [0.05, 0.1) is 5.56 Å². The molecule has 1 aliphatic rings. The second-order valence-electron chi connectivity index (χ2n) is 4.70. The van der Waals surface area contributed by atoms with E-state index in [0.29, 0.717) is 5.56 Å². The van der Waals surface area contributed by atoms with Gasteiger partial charge < -0.3 is 15.8 Å². The minimum absolute atomic E-state index is 0.116. The summed E-state index contributed by atoms with van der Waals surface area (Å²) < 4.78 is 0. The molecule has 0 atom stereocenters. The number of hydrogen-bond acceptors (Lipinski definition) is 4. The third-order valence-corrected chi connectivity index (χ3v) is 3.55. The van der Waals surface area contributed by atoms with E-state index >= 15 is 0 Å². The molecule has 1 fully saturated rings. The maximum absolute atomic E-state index is 8.82. The zero-order chi connectivity index (χ0) is 13.0. The fourth-order valence-electron chi connectivity index (χ4n) is 2.26. The molecule has 0 aromatic carbocycles. The summed E-state index contributed by atoms with van der Waals surface area (Å²) in [6.07, 6.45) is 5.66. The van der Waals surface area contributed by atoms with Crippen molar-refractivity contribution >= 4 is 11.7 Å². The molecule has 5 heteroatoms. The molecule has 1 saturated carbocycles. The highest BCUT2D eigenvalue weighted by Gasteiger charge is 2.22. The molecule has 0 saturated heterocycles. The number of aromatic nitrogens is 1. The van der Waals surface area contributed by atoms with Crippen LogP contribution in [0.5, 0.6) is 0 Å². The molecule has 0 radical (unpaired) electrons. The monoisotopic (exact) mass is 248 g/mol. The molecule has 3 N–H and O–H groups in total. The van der Waals surface area contributed by atoms with Gasteiger partial charge in [-0.1, -0.05) is 11.6 Å². The lowest BCUT2D eigenvalue weighted by molar-refractivity contribution is 0.317. The summed E-state index contributed by atoms with van der Waals surface area (Å²) in [6.45, 7) is 3.97. The van der Waals surface area contributed by atoms with Gasteiger partial charge in [-0.15, -0.1) is 0 Å². The number of amidine groups is 1. The van der Waals surface area contributed by atoms with Gasteiger partial charge in [-0.25, -0.2) is 4.98 Å². The Morgan fingerprint density at radius 1 is 1.61 bits per heavy atom. The Balaban J connectivity index is 2.23. The summed E-state index contributed by atoms with van der Waals surface area (Å²) in [7, 11) is 0. The van der Waals surface area contributed by atoms with Gasteiger partial charge in [0.15, 0.2) is 5.84 Å². The predicted molar refractivity (Wildman–Crippen MR) is 72.0 cm³/mol. The van der Waals surface area contributed by atoms with Gasteiger partial charge in [-0.2, -0.15) is 0 Å². The van der Waals surface area contributed by atoms with Crippen LogP contribution in [0.1, 0.15) is 31.7 Å². The normalized spacial score (nSPS) is 16.4. The maximum Gasteiger partial charge on any atom is 0.173 e. The van der Waals surface area contributed by atoms with Crippen molar-refractivity contribution in [2.45, 2.75) is 26.2 Å². The first-order chi connectivity index (χ1) is 8.76. The van der Waals surface area contributed by atoms with Crippen LogP contribution < -0.4 is 10.6 Å². The number of hydrogen-bond donors (Lipinski definition) is 2. The second-order valence-corrected chi connectivity index (χ2v) is 4.70. The predicted octanol–water partition coefficient (Wildman–Crippen LogP) is 1.80. The van der Waals surface area contributed by atoms with Crippen molar-refractivity contribution in [1.82, 2.24) is 4.98 Å². The maximum atomic E-state index is 8.82. The van der Waals surface area contributed by atoms with Crippen molar-refractivity contribution in [3.63, 3.8) is 0 Å². The molecule has 18 heavy (non-hydrogen) atoms. The van der Waals surface area contributed by atoms with Gasteiger partial charge in [0.2, 0.25) is 0 Å². The number of anilines is 1. The Kier molecular flexibility index (Phi) is 4.02. The molecule has 0 spiro atoms. The Bertz CT molecular complexity index is 429. The molecule has 1 aliphatic carbocycles. The molecule has 98 valence electrons. The number of oxime groups is 1. The van der Waals surface area contributed by atoms with Crippen molar-refractivity contribution in [1.29, 1.82) is 0 Å². The van der Waals surface area contributed by atoms with Gasteiger partial charge in [0.1, 0.15) is 5.82 Å². The average molecular weight is 248 g/mol. The van der Waals surface area contributed by atoms with Crippen LogP contribution in [0.3, 0.4) is 0 Å². The molecule has 5 nitrogen and oxygen atoms in total. The van der Waals surface area contributed by atoms with Crippen molar-refractivity contribution in [3.8, 4) is 0 Å².